The van der Waals surface area contributed by atoms with Crippen molar-refractivity contribution in [2.24, 2.45) is 47.3 Å². The average molecular weight is 495 g/mol. The number of allylic oxidation sites excluding steroid dienone is 4. The summed E-state index contributed by atoms with van der Waals surface area (Å²) in [5, 5.41) is 0. The largest absolute Gasteiger partial charge is 0.0851 e. The maximum Gasteiger partial charge on any atom is -0.0233 e. The second kappa shape index (κ2) is 15.8. The van der Waals surface area contributed by atoms with E-state index in [1.807, 2.05) is 0 Å². The quantitative estimate of drug-likeness (QED) is 0.198. The molecule has 206 valence electrons. The topological polar surface area (TPSA) is 0 Å². The van der Waals surface area contributed by atoms with Gasteiger partial charge in [0.1, 0.15) is 0 Å². The Balaban J connectivity index is 1.07. The monoisotopic (exact) mass is 494 g/mol. The van der Waals surface area contributed by atoms with E-state index >= 15 is 0 Å². The van der Waals surface area contributed by atoms with Gasteiger partial charge >= 0.3 is 0 Å². The van der Waals surface area contributed by atoms with Crippen molar-refractivity contribution in [3.63, 3.8) is 0 Å². The lowest BCUT2D eigenvalue weighted by Gasteiger charge is -2.37. The number of unbranched alkanes of at least 4 members (excludes halogenated alkanes) is 2. The Morgan fingerprint density at radius 3 is 1.11 bits per heavy atom. The van der Waals surface area contributed by atoms with Crippen LogP contribution in [0.2, 0.25) is 0 Å². The highest BCUT2D eigenvalue weighted by molar-refractivity contribution is 4.99. The van der Waals surface area contributed by atoms with Gasteiger partial charge in [0.05, 0.1) is 0 Å². The molecular weight excluding hydrogens is 432 g/mol. The van der Waals surface area contributed by atoms with Crippen molar-refractivity contribution in [1.82, 2.24) is 0 Å². The van der Waals surface area contributed by atoms with Gasteiger partial charge in [-0.3, -0.25) is 0 Å². The second-order valence-corrected chi connectivity index (χ2v) is 14.0. The molecular formula is C36H62. The molecule has 0 saturated heterocycles. The molecule has 0 aromatic carbocycles. The number of hydrogen-bond acceptors (Lipinski definition) is 0. The summed E-state index contributed by atoms with van der Waals surface area (Å²) in [6.45, 7) is 4.69. The van der Waals surface area contributed by atoms with E-state index in [4.69, 9.17) is 0 Å². The minimum atomic E-state index is 0.898. The summed E-state index contributed by atoms with van der Waals surface area (Å²) in [6, 6.07) is 0. The third-order valence-electron chi connectivity index (χ3n) is 11.3. The first-order valence-electron chi connectivity index (χ1n) is 17.1. The van der Waals surface area contributed by atoms with E-state index in [0.29, 0.717) is 0 Å². The van der Waals surface area contributed by atoms with Crippen LogP contribution in [-0.4, -0.2) is 0 Å². The molecule has 0 heteroatoms. The first-order chi connectivity index (χ1) is 17.7. The van der Waals surface area contributed by atoms with Crippen LogP contribution in [0.4, 0.5) is 0 Å². The number of rotatable bonds is 11. The van der Waals surface area contributed by atoms with E-state index in [0.717, 1.165) is 47.3 Å². The Morgan fingerprint density at radius 2 is 0.750 bits per heavy atom. The zero-order chi connectivity index (χ0) is 25.0. The van der Waals surface area contributed by atoms with Crippen LogP contribution < -0.4 is 0 Å². The highest BCUT2D eigenvalue weighted by Crippen LogP contribution is 2.43. The van der Waals surface area contributed by atoms with Crippen molar-refractivity contribution in [2.45, 2.75) is 155 Å². The maximum atomic E-state index is 2.68. The Hall–Kier alpha value is -0.520. The molecule has 0 aliphatic heterocycles. The maximum absolute atomic E-state index is 2.68. The van der Waals surface area contributed by atoms with Crippen molar-refractivity contribution in [1.29, 1.82) is 0 Å². The van der Waals surface area contributed by atoms with Crippen LogP contribution in [0.25, 0.3) is 0 Å². The Kier molecular flexibility index (Phi) is 12.5. The van der Waals surface area contributed by atoms with Gasteiger partial charge in [-0.1, -0.05) is 76.7 Å². The van der Waals surface area contributed by atoms with Gasteiger partial charge in [0, 0.05) is 0 Å². The van der Waals surface area contributed by atoms with Gasteiger partial charge in [-0.05, 0) is 150 Å². The highest BCUT2D eigenvalue weighted by atomic mass is 14.4. The smallest absolute Gasteiger partial charge is 0.0233 e. The van der Waals surface area contributed by atoms with E-state index < -0.39 is 0 Å². The van der Waals surface area contributed by atoms with Crippen molar-refractivity contribution in [2.75, 3.05) is 0 Å². The fraction of sp³-hybridized carbons (Fsp3) is 0.889. The molecule has 0 aromatic rings. The lowest BCUT2D eigenvalue weighted by atomic mass is 9.69. The van der Waals surface area contributed by atoms with Gasteiger partial charge in [-0.25, -0.2) is 0 Å². The molecule has 0 N–H and O–H groups in total. The highest BCUT2D eigenvalue weighted by Gasteiger charge is 2.30. The fourth-order valence-corrected chi connectivity index (χ4v) is 8.68. The molecule has 36 heavy (non-hydrogen) atoms. The number of hydrogen-bond donors (Lipinski definition) is 0. The standard InChI is InChI=1S/C36H62/c1-3-5-6-8-30-11-15-32(16-12-30)18-20-34-23-27-36(28-24-34)35-25-21-33(22-26-35)19-17-31-13-9-29(7-4-2)10-14-31/h17-20,29-36H,3-16,21-28H2,1-2H3/b19-17+,20-18+/t29-,30-,31-,32-,33-,34-,35-,36-. The molecule has 0 heterocycles. The van der Waals surface area contributed by atoms with Crippen LogP contribution in [0.1, 0.15) is 155 Å². The summed E-state index contributed by atoms with van der Waals surface area (Å²) in [5.41, 5.74) is 0. The van der Waals surface area contributed by atoms with Gasteiger partial charge < -0.3 is 0 Å². The Bertz CT molecular complexity index is 610. The van der Waals surface area contributed by atoms with Gasteiger partial charge in [0.2, 0.25) is 0 Å². The summed E-state index contributed by atoms with van der Waals surface area (Å²) in [5.74, 6) is 7.79. The summed E-state index contributed by atoms with van der Waals surface area (Å²) in [4.78, 5) is 0. The second-order valence-electron chi connectivity index (χ2n) is 14.0. The predicted octanol–water partition coefficient (Wildman–Crippen LogP) is 11.7. The lowest BCUT2D eigenvalue weighted by Crippen LogP contribution is -2.25. The Labute approximate surface area is 226 Å². The van der Waals surface area contributed by atoms with E-state index in [1.165, 1.54) is 141 Å². The van der Waals surface area contributed by atoms with Crippen LogP contribution in [0.5, 0.6) is 0 Å². The van der Waals surface area contributed by atoms with E-state index in [2.05, 4.69) is 38.2 Å². The van der Waals surface area contributed by atoms with Crippen molar-refractivity contribution in [3.05, 3.63) is 24.3 Å². The van der Waals surface area contributed by atoms with Crippen LogP contribution >= 0.6 is 0 Å². The fourth-order valence-electron chi connectivity index (χ4n) is 8.68. The van der Waals surface area contributed by atoms with Crippen LogP contribution in [-0.2, 0) is 0 Å². The molecule has 4 rings (SSSR count). The van der Waals surface area contributed by atoms with Gasteiger partial charge in [-0.15, -0.1) is 0 Å². The molecule has 0 unspecified atom stereocenters. The molecule has 4 saturated carbocycles. The molecule has 0 amide bonds. The van der Waals surface area contributed by atoms with Crippen molar-refractivity contribution >= 4 is 0 Å². The van der Waals surface area contributed by atoms with E-state index in [9.17, 15) is 0 Å². The molecule has 4 aliphatic rings. The third kappa shape index (κ3) is 9.34. The minimum absolute atomic E-state index is 0.898. The Morgan fingerprint density at radius 1 is 0.389 bits per heavy atom. The summed E-state index contributed by atoms with van der Waals surface area (Å²) in [6.07, 6.45) is 43.2. The zero-order valence-electron chi connectivity index (χ0n) is 24.5. The average Bonchev–Trinajstić information content (AvgIpc) is 2.93. The molecule has 4 fully saturated rings. The third-order valence-corrected chi connectivity index (χ3v) is 11.3. The summed E-state index contributed by atoms with van der Waals surface area (Å²) in [7, 11) is 0. The molecule has 4 aliphatic carbocycles. The van der Waals surface area contributed by atoms with Crippen molar-refractivity contribution < 1.29 is 0 Å². The van der Waals surface area contributed by atoms with Crippen molar-refractivity contribution in [3.8, 4) is 0 Å². The predicted molar refractivity (Wildman–Crippen MR) is 159 cm³/mol. The van der Waals surface area contributed by atoms with Gasteiger partial charge in [0.25, 0.3) is 0 Å². The van der Waals surface area contributed by atoms with Crippen LogP contribution in [0.15, 0.2) is 24.3 Å². The zero-order valence-corrected chi connectivity index (χ0v) is 24.5. The first-order valence-corrected chi connectivity index (χ1v) is 17.1. The molecule has 0 bridgehead atoms. The summed E-state index contributed by atoms with van der Waals surface area (Å²) < 4.78 is 0. The first kappa shape index (κ1) is 28.5. The molecule has 0 aromatic heterocycles. The lowest BCUT2D eigenvalue weighted by molar-refractivity contribution is 0.166. The van der Waals surface area contributed by atoms with E-state index in [-0.39, 0.29) is 0 Å². The van der Waals surface area contributed by atoms with E-state index in [1.54, 1.807) is 0 Å². The van der Waals surface area contributed by atoms with Crippen LogP contribution in [0.3, 0.4) is 0 Å². The molecule has 0 spiro atoms. The van der Waals surface area contributed by atoms with Gasteiger partial charge in [0.15, 0.2) is 0 Å². The molecule has 0 nitrogen and oxygen atoms in total. The van der Waals surface area contributed by atoms with Crippen LogP contribution in [0, 0.1) is 47.3 Å². The SMILES string of the molecule is CCCCC[C@H]1CC[C@H](/C=C/[C@H]2CC[C@H]([C@H]3CC[C@H](/C=C/[C@H]4CC[C@H](CCC)CC4)CC3)CC2)CC1. The normalized spacial score (nSPS) is 38.6. The minimum Gasteiger partial charge on any atom is -0.0851 e. The molecule has 0 atom stereocenters. The summed E-state index contributed by atoms with van der Waals surface area (Å²) >= 11 is 0. The van der Waals surface area contributed by atoms with Gasteiger partial charge in [-0.2, -0.15) is 0 Å². The molecule has 0 radical (unpaired) electrons.